The Labute approximate surface area is 152 Å². The number of amides is 2. The van der Waals surface area contributed by atoms with Crippen molar-refractivity contribution in [2.24, 2.45) is 0 Å². The molecule has 0 radical (unpaired) electrons. The van der Waals surface area contributed by atoms with Crippen LogP contribution in [0.1, 0.15) is 12.0 Å². The van der Waals surface area contributed by atoms with Crippen molar-refractivity contribution in [2.45, 2.75) is 15.7 Å². The van der Waals surface area contributed by atoms with Gasteiger partial charge in [-0.15, -0.1) is 0 Å². The highest BCUT2D eigenvalue weighted by Crippen LogP contribution is 2.46. The van der Waals surface area contributed by atoms with Gasteiger partial charge in [0.2, 0.25) is 0 Å². The molecule has 0 aliphatic carbocycles. The van der Waals surface area contributed by atoms with E-state index >= 15 is 0 Å². The molecular weight excluding hydrogens is 366 g/mol. The van der Waals surface area contributed by atoms with Crippen molar-refractivity contribution in [3.05, 3.63) is 53.3 Å². The largest absolute Gasteiger partial charge is 0.287 e. The summed E-state index contributed by atoms with van der Waals surface area (Å²) < 4.78 is -1.09. The van der Waals surface area contributed by atoms with E-state index in [1.54, 1.807) is 42.7 Å². The Morgan fingerprint density at radius 1 is 1.21 bits per heavy atom. The maximum Gasteiger partial charge on any atom is 0.287 e. The van der Waals surface area contributed by atoms with Crippen LogP contribution >= 0.6 is 35.1 Å². The maximum absolute atomic E-state index is 12.3. The average Bonchev–Trinajstić information content (AvgIpc) is 2.84. The molecule has 1 aliphatic heterocycles. The third-order valence-corrected chi connectivity index (χ3v) is 5.77. The van der Waals surface area contributed by atoms with E-state index in [0.29, 0.717) is 10.2 Å². The van der Waals surface area contributed by atoms with Gasteiger partial charge >= 0.3 is 0 Å². The molecule has 8 heteroatoms. The van der Waals surface area contributed by atoms with Crippen LogP contribution in [0.2, 0.25) is 5.02 Å². The molecule has 1 atom stereocenters. The average molecular weight is 376 g/mol. The summed E-state index contributed by atoms with van der Waals surface area (Å²) in [7, 11) is 0. The van der Waals surface area contributed by atoms with E-state index < -0.39 is 9.32 Å². The van der Waals surface area contributed by atoms with Crippen molar-refractivity contribution in [1.29, 1.82) is 0 Å². The molecule has 1 aromatic carbocycles. The number of nitrogens with one attached hydrogen (secondary N) is 1. The lowest BCUT2D eigenvalue weighted by molar-refractivity contribution is -0.119. The Kier molecular flexibility index (Phi) is 5.09. The molecule has 1 fully saturated rings. The zero-order valence-electron chi connectivity index (χ0n) is 12.2. The van der Waals surface area contributed by atoms with Crippen LogP contribution in [0.15, 0.2) is 47.9 Å². The number of carbonyl (C=O) groups excluding carboxylic acids is 2. The van der Waals surface area contributed by atoms with E-state index in [2.05, 4.69) is 27.1 Å². The van der Waals surface area contributed by atoms with Gasteiger partial charge < -0.3 is 0 Å². The Morgan fingerprint density at radius 2 is 1.92 bits per heavy atom. The number of benzene rings is 1. The molecule has 0 bridgehead atoms. The molecule has 1 aromatic heterocycles. The summed E-state index contributed by atoms with van der Waals surface area (Å²) in [5.41, 5.74) is 0.783. The first-order chi connectivity index (χ1) is 11.6. The number of nitrogens with zero attached hydrogens (tertiary/aromatic N) is 2. The van der Waals surface area contributed by atoms with E-state index in [9.17, 15) is 9.59 Å². The van der Waals surface area contributed by atoms with E-state index in [1.807, 2.05) is 0 Å². The SMILES string of the molecule is O=C1NC(=O)C(CC#Cc2ccc(Cl)cc2)(Sc2ncccn2)S1. The fourth-order valence-electron chi connectivity index (χ4n) is 1.91. The van der Waals surface area contributed by atoms with Crippen LogP contribution in [0.4, 0.5) is 4.79 Å². The second-order valence-electron chi connectivity index (χ2n) is 4.72. The third kappa shape index (κ3) is 3.90. The number of rotatable bonds is 3. The molecule has 1 N–H and O–H groups in total. The van der Waals surface area contributed by atoms with E-state index in [0.717, 1.165) is 29.1 Å². The Balaban J connectivity index is 1.82. The predicted molar refractivity (Wildman–Crippen MR) is 94.7 cm³/mol. The highest BCUT2D eigenvalue weighted by molar-refractivity contribution is 8.27. The minimum absolute atomic E-state index is 0.181. The lowest BCUT2D eigenvalue weighted by Gasteiger charge is -2.19. The quantitative estimate of drug-likeness (QED) is 0.655. The molecule has 2 amide bonds. The topological polar surface area (TPSA) is 72.0 Å². The molecule has 0 saturated carbocycles. The van der Waals surface area contributed by atoms with Crippen LogP contribution < -0.4 is 5.32 Å². The molecular formula is C16H10ClN3O2S2. The summed E-state index contributed by atoms with van der Waals surface area (Å²) in [6, 6.07) is 8.76. The summed E-state index contributed by atoms with van der Waals surface area (Å²) in [6.07, 6.45) is 3.35. The number of hydrogen-bond acceptors (Lipinski definition) is 6. The van der Waals surface area contributed by atoms with Crippen molar-refractivity contribution in [3.63, 3.8) is 0 Å². The molecule has 3 rings (SSSR count). The fourth-order valence-corrected chi connectivity index (χ4v) is 4.20. The molecule has 5 nitrogen and oxygen atoms in total. The normalized spacial score (nSPS) is 19.5. The number of thioether (sulfide) groups is 2. The number of carbonyl (C=O) groups is 2. The molecule has 1 aliphatic rings. The second-order valence-corrected chi connectivity index (χ2v) is 7.95. The first-order valence-electron chi connectivity index (χ1n) is 6.82. The van der Waals surface area contributed by atoms with Gasteiger partial charge in [0.25, 0.3) is 11.1 Å². The van der Waals surface area contributed by atoms with Crippen molar-refractivity contribution in [2.75, 3.05) is 0 Å². The third-order valence-electron chi connectivity index (χ3n) is 3.02. The number of hydrogen-bond donors (Lipinski definition) is 1. The van der Waals surface area contributed by atoms with Crippen LogP contribution in [0, 0.1) is 11.8 Å². The van der Waals surface area contributed by atoms with E-state index in [-0.39, 0.29) is 12.3 Å². The lowest BCUT2D eigenvalue weighted by Crippen LogP contribution is -2.33. The molecule has 2 heterocycles. The van der Waals surface area contributed by atoms with Crippen LogP contribution in [0.5, 0.6) is 0 Å². The molecule has 24 heavy (non-hydrogen) atoms. The van der Waals surface area contributed by atoms with Gasteiger partial charge in [-0.3, -0.25) is 14.9 Å². The maximum atomic E-state index is 12.3. The van der Waals surface area contributed by atoms with Crippen LogP contribution in [-0.4, -0.2) is 25.2 Å². The molecule has 0 spiro atoms. The van der Waals surface area contributed by atoms with Crippen LogP contribution in [0.25, 0.3) is 0 Å². The van der Waals surface area contributed by atoms with E-state index in [4.69, 9.17) is 11.6 Å². The van der Waals surface area contributed by atoms with Gasteiger partial charge in [0, 0.05) is 29.4 Å². The van der Waals surface area contributed by atoms with Crippen LogP contribution in [-0.2, 0) is 4.79 Å². The van der Waals surface area contributed by atoms with Crippen molar-refractivity contribution < 1.29 is 9.59 Å². The van der Waals surface area contributed by atoms with Crippen LogP contribution in [0.3, 0.4) is 0 Å². The fraction of sp³-hybridized carbons (Fsp3) is 0.125. The highest BCUT2D eigenvalue weighted by Gasteiger charge is 2.49. The number of aromatic nitrogens is 2. The van der Waals surface area contributed by atoms with Crippen molar-refractivity contribution in [1.82, 2.24) is 15.3 Å². The van der Waals surface area contributed by atoms with Gasteiger partial charge in [0.15, 0.2) is 9.24 Å². The highest BCUT2D eigenvalue weighted by atomic mass is 35.5. The number of halogens is 1. The van der Waals surface area contributed by atoms with E-state index in [1.165, 1.54) is 0 Å². The Bertz CT molecular complexity index is 834. The summed E-state index contributed by atoms with van der Waals surface area (Å²) >= 11 is 7.88. The minimum Gasteiger partial charge on any atom is -0.285 e. The molecule has 120 valence electrons. The van der Waals surface area contributed by atoms with Gasteiger partial charge in [-0.25, -0.2) is 9.97 Å². The second kappa shape index (κ2) is 7.26. The summed E-state index contributed by atoms with van der Waals surface area (Å²) in [5, 5.41) is 2.96. The summed E-state index contributed by atoms with van der Waals surface area (Å²) in [5.74, 6) is 5.56. The van der Waals surface area contributed by atoms with Gasteiger partial charge in [0.1, 0.15) is 0 Å². The summed E-state index contributed by atoms with van der Waals surface area (Å²) in [6.45, 7) is 0. The first-order valence-corrected chi connectivity index (χ1v) is 8.83. The number of imide groups is 1. The van der Waals surface area contributed by atoms with Gasteiger partial charge in [-0.2, -0.15) is 0 Å². The van der Waals surface area contributed by atoms with Gasteiger partial charge in [0.05, 0.1) is 0 Å². The van der Waals surface area contributed by atoms with Gasteiger partial charge in [-0.05, 0) is 42.1 Å². The predicted octanol–water partition coefficient (Wildman–Crippen LogP) is 3.34. The Hall–Kier alpha value is -2.01. The zero-order chi connectivity index (χ0) is 17.0. The smallest absolute Gasteiger partial charge is 0.285 e. The molecule has 2 aromatic rings. The minimum atomic E-state index is -1.09. The van der Waals surface area contributed by atoms with Gasteiger partial charge in [-0.1, -0.05) is 35.2 Å². The molecule has 1 saturated heterocycles. The zero-order valence-corrected chi connectivity index (χ0v) is 14.5. The standard InChI is InChI=1S/C16H10ClN3O2S2/c17-12-6-4-11(5-7-12)3-1-8-16(13(21)20-15(22)24-16)23-14-18-9-2-10-19-14/h2,4-7,9-10H,8H2,(H,20,21,22). The Morgan fingerprint density at radius 3 is 2.54 bits per heavy atom. The summed E-state index contributed by atoms with van der Waals surface area (Å²) in [4.78, 5) is 32.1. The first kappa shape index (κ1) is 16.8. The molecule has 1 unspecified atom stereocenters. The van der Waals surface area contributed by atoms with Crippen molar-refractivity contribution in [3.8, 4) is 11.8 Å². The monoisotopic (exact) mass is 375 g/mol. The lowest BCUT2D eigenvalue weighted by atomic mass is 10.2. The van der Waals surface area contributed by atoms with Crippen molar-refractivity contribution >= 4 is 46.3 Å².